The van der Waals surface area contributed by atoms with Crippen LogP contribution in [-0.2, 0) is 0 Å². The molecule has 0 saturated carbocycles. The smallest absolute Gasteiger partial charge is 0.251 e. The van der Waals surface area contributed by atoms with Crippen LogP contribution in [0.1, 0.15) is 15.9 Å². The number of aryl methyl sites for hydroxylation is 1. The Morgan fingerprint density at radius 1 is 1.69 bits per heavy atom. The van der Waals surface area contributed by atoms with Crippen LogP contribution in [0.25, 0.3) is 0 Å². The molecule has 1 rings (SSSR count). The topological polar surface area (TPSA) is 62.2 Å². The fourth-order valence-corrected chi connectivity index (χ4v) is 0.993. The highest BCUT2D eigenvalue weighted by atomic mass is 16.3. The lowest BCUT2D eigenvalue weighted by Crippen LogP contribution is -2.26. The van der Waals surface area contributed by atoms with Crippen molar-refractivity contribution in [3.8, 4) is 0 Å². The Labute approximate surface area is 76.6 Å². The van der Waals surface area contributed by atoms with Gasteiger partial charge in [0.15, 0.2) is 0 Å². The van der Waals surface area contributed by atoms with Gasteiger partial charge in [-0.25, -0.2) is 0 Å². The first-order valence-electron chi connectivity index (χ1n) is 4.05. The Balaban J connectivity index is 2.71. The Bertz CT molecular complexity index is 299. The number of carbonyl (C=O) groups is 1. The van der Waals surface area contributed by atoms with Crippen LogP contribution < -0.4 is 5.32 Å². The molecule has 4 heteroatoms. The molecule has 70 valence electrons. The molecule has 0 radical (unpaired) electrons. The molecule has 1 aromatic heterocycles. The summed E-state index contributed by atoms with van der Waals surface area (Å²) in [6.07, 6.45) is 3.20. The monoisotopic (exact) mass is 180 g/mol. The van der Waals surface area contributed by atoms with Crippen LogP contribution in [0.4, 0.5) is 0 Å². The van der Waals surface area contributed by atoms with Gasteiger partial charge >= 0.3 is 0 Å². The van der Waals surface area contributed by atoms with E-state index in [1.807, 2.05) is 6.92 Å². The Morgan fingerprint density at radius 2 is 2.46 bits per heavy atom. The van der Waals surface area contributed by atoms with Gasteiger partial charge in [-0.2, -0.15) is 0 Å². The normalized spacial score (nSPS) is 9.69. The van der Waals surface area contributed by atoms with E-state index in [0.717, 1.165) is 5.56 Å². The van der Waals surface area contributed by atoms with Crippen LogP contribution in [0.2, 0.25) is 0 Å². The number of rotatable bonds is 3. The molecule has 2 N–H and O–H groups in total. The third kappa shape index (κ3) is 2.52. The average molecular weight is 180 g/mol. The number of aliphatic hydroxyl groups excluding tert-OH is 1. The van der Waals surface area contributed by atoms with Crippen LogP contribution in [0.15, 0.2) is 18.5 Å². The minimum atomic E-state index is -0.172. The summed E-state index contributed by atoms with van der Waals surface area (Å²) in [6, 6.07) is 1.65. The number of amides is 1. The van der Waals surface area contributed by atoms with Crippen molar-refractivity contribution in [1.82, 2.24) is 10.3 Å². The van der Waals surface area contributed by atoms with Crippen LogP contribution in [-0.4, -0.2) is 29.1 Å². The lowest BCUT2D eigenvalue weighted by atomic mass is 10.1. The molecule has 0 spiro atoms. The second kappa shape index (κ2) is 4.57. The molecule has 1 heterocycles. The van der Waals surface area contributed by atoms with E-state index in [1.54, 1.807) is 18.5 Å². The largest absolute Gasteiger partial charge is 0.395 e. The zero-order valence-electron chi connectivity index (χ0n) is 7.45. The number of pyridine rings is 1. The summed E-state index contributed by atoms with van der Waals surface area (Å²) >= 11 is 0. The van der Waals surface area contributed by atoms with E-state index in [2.05, 4.69) is 10.3 Å². The third-order valence-electron chi connectivity index (χ3n) is 1.66. The van der Waals surface area contributed by atoms with Gasteiger partial charge in [0.05, 0.1) is 6.61 Å². The molecule has 0 atom stereocenters. The SMILES string of the molecule is Cc1cnccc1C(=O)NCCO. The van der Waals surface area contributed by atoms with Crippen molar-refractivity contribution < 1.29 is 9.90 Å². The highest BCUT2D eigenvalue weighted by molar-refractivity contribution is 5.95. The molecule has 0 saturated heterocycles. The summed E-state index contributed by atoms with van der Waals surface area (Å²) in [4.78, 5) is 15.3. The molecule has 4 nitrogen and oxygen atoms in total. The Morgan fingerprint density at radius 3 is 3.08 bits per heavy atom. The Kier molecular flexibility index (Phi) is 3.40. The van der Waals surface area contributed by atoms with Gasteiger partial charge in [0.25, 0.3) is 5.91 Å². The molecule has 1 aromatic rings. The van der Waals surface area contributed by atoms with Crippen LogP contribution in [0, 0.1) is 6.92 Å². The van der Waals surface area contributed by atoms with E-state index >= 15 is 0 Å². The molecule has 13 heavy (non-hydrogen) atoms. The van der Waals surface area contributed by atoms with Gasteiger partial charge in [-0.05, 0) is 18.6 Å². The molecule has 0 fully saturated rings. The number of carbonyl (C=O) groups excluding carboxylic acids is 1. The molecule has 0 aliphatic heterocycles. The van der Waals surface area contributed by atoms with Crippen LogP contribution >= 0.6 is 0 Å². The van der Waals surface area contributed by atoms with Crippen molar-refractivity contribution in [3.63, 3.8) is 0 Å². The van der Waals surface area contributed by atoms with E-state index in [1.165, 1.54) is 0 Å². The maximum atomic E-state index is 11.4. The zero-order chi connectivity index (χ0) is 9.68. The van der Waals surface area contributed by atoms with Crippen molar-refractivity contribution in [1.29, 1.82) is 0 Å². The summed E-state index contributed by atoms with van der Waals surface area (Å²) in [6.45, 7) is 2.05. The zero-order valence-corrected chi connectivity index (χ0v) is 7.45. The number of hydrogen-bond acceptors (Lipinski definition) is 3. The van der Waals surface area contributed by atoms with Gasteiger partial charge in [0.2, 0.25) is 0 Å². The quantitative estimate of drug-likeness (QED) is 0.694. The van der Waals surface area contributed by atoms with E-state index in [0.29, 0.717) is 5.56 Å². The van der Waals surface area contributed by atoms with Gasteiger partial charge in [-0.15, -0.1) is 0 Å². The molecule has 0 unspecified atom stereocenters. The number of hydrogen-bond donors (Lipinski definition) is 2. The first kappa shape index (κ1) is 9.67. The van der Waals surface area contributed by atoms with Crippen molar-refractivity contribution in [2.75, 3.05) is 13.2 Å². The van der Waals surface area contributed by atoms with E-state index in [-0.39, 0.29) is 19.1 Å². The van der Waals surface area contributed by atoms with E-state index < -0.39 is 0 Å². The van der Waals surface area contributed by atoms with Crippen LogP contribution in [0.3, 0.4) is 0 Å². The average Bonchev–Trinajstić information content (AvgIpc) is 2.15. The van der Waals surface area contributed by atoms with Crippen molar-refractivity contribution in [3.05, 3.63) is 29.6 Å². The number of nitrogens with zero attached hydrogens (tertiary/aromatic N) is 1. The van der Waals surface area contributed by atoms with Gasteiger partial charge in [-0.1, -0.05) is 0 Å². The van der Waals surface area contributed by atoms with E-state index in [9.17, 15) is 4.79 Å². The fourth-order valence-electron chi connectivity index (χ4n) is 0.993. The predicted molar refractivity (Wildman–Crippen MR) is 48.4 cm³/mol. The summed E-state index contributed by atoms with van der Waals surface area (Å²) < 4.78 is 0. The predicted octanol–water partition coefficient (Wildman–Crippen LogP) is 0.112. The molecule has 0 aliphatic rings. The van der Waals surface area contributed by atoms with Gasteiger partial charge in [0, 0.05) is 24.5 Å². The number of aliphatic hydroxyl groups is 1. The molecule has 0 aliphatic carbocycles. The third-order valence-corrected chi connectivity index (χ3v) is 1.66. The maximum Gasteiger partial charge on any atom is 0.251 e. The number of nitrogens with one attached hydrogen (secondary N) is 1. The summed E-state index contributed by atoms with van der Waals surface area (Å²) in [5, 5.41) is 11.1. The highest BCUT2D eigenvalue weighted by Crippen LogP contribution is 2.03. The molecular weight excluding hydrogens is 168 g/mol. The minimum absolute atomic E-state index is 0.0458. The Hall–Kier alpha value is -1.42. The maximum absolute atomic E-state index is 11.4. The molecule has 1 amide bonds. The van der Waals surface area contributed by atoms with Gasteiger partial charge in [0.1, 0.15) is 0 Å². The van der Waals surface area contributed by atoms with Crippen molar-refractivity contribution >= 4 is 5.91 Å². The standard InChI is InChI=1S/C9H12N2O2/c1-7-6-10-3-2-8(7)9(13)11-4-5-12/h2-3,6,12H,4-5H2,1H3,(H,11,13). The van der Waals surface area contributed by atoms with Crippen molar-refractivity contribution in [2.45, 2.75) is 6.92 Å². The number of aromatic nitrogens is 1. The van der Waals surface area contributed by atoms with Crippen LogP contribution in [0.5, 0.6) is 0 Å². The second-order valence-electron chi connectivity index (χ2n) is 2.67. The first-order valence-corrected chi connectivity index (χ1v) is 4.05. The summed E-state index contributed by atoms with van der Waals surface area (Å²) in [7, 11) is 0. The lowest BCUT2D eigenvalue weighted by molar-refractivity contribution is 0.0944. The second-order valence-corrected chi connectivity index (χ2v) is 2.67. The molecule has 0 aromatic carbocycles. The highest BCUT2D eigenvalue weighted by Gasteiger charge is 2.06. The molecule has 0 bridgehead atoms. The summed E-state index contributed by atoms with van der Waals surface area (Å²) in [5.41, 5.74) is 1.43. The fraction of sp³-hybridized carbons (Fsp3) is 0.333. The van der Waals surface area contributed by atoms with Gasteiger partial charge < -0.3 is 10.4 Å². The molecular formula is C9H12N2O2. The van der Waals surface area contributed by atoms with Crippen molar-refractivity contribution in [2.24, 2.45) is 0 Å². The first-order chi connectivity index (χ1) is 6.25. The van der Waals surface area contributed by atoms with Gasteiger partial charge in [-0.3, -0.25) is 9.78 Å². The lowest BCUT2D eigenvalue weighted by Gasteiger charge is -2.04. The van der Waals surface area contributed by atoms with E-state index in [4.69, 9.17) is 5.11 Å². The minimum Gasteiger partial charge on any atom is -0.395 e. The summed E-state index contributed by atoms with van der Waals surface area (Å²) in [5.74, 6) is -0.172.